The highest BCUT2D eigenvalue weighted by molar-refractivity contribution is 7.80. The van der Waals surface area contributed by atoms with Crippen LogP contribution in [0.25, 0.3) is 16.7 Å². The zero-order valence-corrected chi connectivity index (χ0v) is 19.2. The molecule has 2 N–H and O–H groups in total. The highest BCUT2D eigenvalue weighted by Crippen LogP contribution is 2.19. The monoisotopic (exact) mass is 474 g/mol. The molecule has 0 fully saturated rings. The smallest absolute Gasteiger partial charge is 0.282 e. The molecule has 172 valence electrons. The van der Waals surface area contributed by atoms with Crippen LogP contribution in [0.3, 0.4) is 0 Å². The van der Waals surface area contributed by atoms with Crippen LogP contribution < -0.4 is 10.6 Å². The number of benzene rings is 3. The average molecular weight is 475 g/mol. The topological polar surface area (TPSA) is 115 Å². The van der Waals surface area contributed by atoms with Gasteiger partial charge in [0.2, 0.25) is 0 Å². The van der Waals surface area contributed by atoms with Crippen LogP contribution >= 0.6 is 12.2 Å². The summed E-state index contributed by atoms with van der Waals surface area (Å²) in [6, 6.07) is 19.2. The Morgan fingerprint density at radius 1 is 1.06 bits per heavy atom. The van der Waals surface area contributed by atoms with Gasteiger partial charge in [-0.2, -0.15) is 4.80 Å². The summed E-state index contributed by atoms with van der Waals surface area (Å²) in [7, 11) is 0. The third kappa shape index (κ3) is 5.24. The Bertz CT molecular complexity index is 1370. The Labute approximate surface area is 200 Å². The third-order valence-electron chi connectivity index (χ3n) is 5.20. The summed E-state index contributed by atoms with van der Waals surface area (Å²) >= 11 is 5.21. The summed E-state index contributed by atoms with van der Waals surface area (Å²) in [6.07, 6.45) is 3.36. The molecular formula is C24H22N6O3S. The number of fused-ring (bicyclic) bond motifs is 1. The molecule has 0 bridgehead atoms. The number of hydrogen-bond donors (Lipinski definition) is 2. The van der Waals surface area contributed by atoms with Crippen LogP contribution in [0, 0.1) is 10.1 Å². The lowest BCUT2D eigenvalue weighted by molar-refractivity contribution is -0.385. The number of anilines is 1. The number of nitrogens with zero attached hydrogens (tertiary/aromatic N) is 4. The van der Waals surface area contributed by atoms with Crippen molar-refractivity contribution in [3.8, 4) is 5.69 Å². The van der Waals surface area contributed by atoms with Gasteiger partial charge in [0.25, 0.3) is 11.6 Å². The van der Waals surface area contributed by atoms with Crippen molar-refractivity contribution in [2.75, 3.05) is 5.32 Å². The van der Waals surface area contributed by atoms with Gasteiger partial charge in [-0.1, -0.05) is 37.6 Å². The zero-order valence-electron chi connectivity index (χ0n) is 18.4. The number of hydrogen-bond acceptors (Lipinski definition) is 6. The second kappa shape index (κ2) is 10.2. The van der Waals surface area contributed by atoms with Crippen LogP contribution in [0.4, 0.5) is 11.4 Å². The molecule has 34 heavy (non-hydrogen) atoms. The van der Waals surface area contributed by atoms with Crippen LogP contribution in [-0.2, 0) is 6.42 Å². The molecule has 1 heterocycles. The van der Waals surface area contributed by atoms with Gasteiger partial charge in [-0.15, -0.1) is 10.2 Å². The highest BCUT2D eigenvalue weighted by atomic mass is 32.1. The molecule has 0 saturated carbocycles. The molecule has 3 aromatic carbocycles. The zero-order chi connectivity index (χ0) is 24.1. The second-order valence-corrected chi connectivity index (χ2v) is 8.05. The number of carbonyl (C=O) groups is 1. The van der Waals surface area contributed by atoms with Gasteiger partial charge in [-0.25, -0.2) is 0 Å². The summed E-state index contributed by atoms with van der Waals surface area (Å²) in [5.41, 5.74) is 3.73. The van der Waals surface area contributed by atoms with Gasteiger partial charge < -0.3 is 5.32 Å². The number of unbranched alkanes of at least 4 members (excludes halogenated alkanes) is 1. The predicted molar refractivity (Wildman–Crippen MR) is 134 cm³/mol. The average Bonchev–Trinajstić information content (AvgIpc) is 3.26. The molecule has 0 aliphatic rings. The van der Waals surface area contributed by atoms with Crippen molar-refractivity contribution < 1.29 is 9.72 Å². The molecule has 10 heteroatoms. The first-order valence-corrected chi connectivity index (χ1v) is 11.2. The number of amides is 1. The molecule has 0 aliphatic carbocycles. The van der Waals surface area contributed by atoms with E-state index in [-0.39, 0.29) is 16.4 Å². The lowest BCUT2D eigenvalue weighted by Crippen LogP contribution is -2.34. The van der Waals surface area contributed by atoms with Gasteiger partial charge in [0.1, 0.15) is 16.6 Å². The summed E-state index contributed by atoms with van der Waals surface area (Å²) in [6.45, 7) is 2.17. The summed E-state index contributed by atoms with van der Waals surface area (Å²) in [4.78, 5) is 24.6. The molecule has 0 aliphatic heterocycles. The van der Waals surface area contributed by atoms with Crippen molar-refractivity contribution in [2.45, 2.75) is 26.2 Å². The summed E-state index contributed by atoms with van der Waals surface area (Å²) < 4.78 is 0. The van der Waals surface area contributed by atoms with E-state index in [4.69, 9.17) is 12.2 Å². The first kappa shape index (κ1) is 23.0. The number of nitrogens with one attached hydrogen (secondary N) is 2. The number of aromatic nitrogens is 3. The fourth-order valence-corrected chi connectivity index (χ4v) is 3.65. The molecular weight excluding hydrogens is 452 g/mol. The first-order chi connectivity index (χ1) is 16.4. The number of aryl methyl sites for hydroxylation is 1. The van der Waals surface area contributed by atoms with Crippen LogP contribution in [0.1, 0.15) is 35.7 Å². The van der Waals surface area contributed by atoms with E-state index in [0.717, 1.165) is 24.9 Å². The number of nitro benzene ring substituents is 1. The van der Waals surface area contributed by atoms with Crippen LogP contribution in [-0.4, -0.2) is 30.9 Å². The maximum absolute atomic E-state index is 12.5. The number of para-hydroxylation sites is 1. The van der Waals surface area contributed by atoms with Crippen LogP contribution in [0.15, 0.2) is 66.7 Å². The second-order valence-electron chi connectivity index (χ2n) is 7.65. The van der Waals surface area contributed by atoms with E-state index < -0.39 is 10.8 Å². The number of thiocarbonyl (C=S) groups is 1. The molecule has 4 rings (SSSR count). The van der Waals surface area contributed by atoms with E-state index in [0.29, 0.717) is 16.7 Å². The number of nitro groups is 1. The van der Waals surface area contributed by atoms with Crippen LogP contribution in [0.5, 0.6) is 0 Å². The van der Waals surface area contributed by atoms with Crippen molar-refractivity contribution >= 4 is 45.6 Å². The normalized spacial score (nSPS) is 10.7. The standard InChI is InChI=1S/C24H22N6O3S/c1-2-3-6-16-9-12-18(13-10-16)29-27-20-14-11-17(15-21(20)28-29)25-24(34)26-23(31)19-7-4-5-8-22(19)30(32)33/h4-5,7-15H,2-3,6H2,1H3,(H2,25,26,31,34). The lowest BCUT2D eigenvalue weighted by atomic mass is 10.1. The first-order valence-electron chi connectivity index (χ1n) is 10.8. The molecule has 0 saturated heterocycles. The maximum atomic E-state index is 12.5. The Kier molecular flexibility index (Phi) is 6.88. The largest absolute Gasteiger partial charge is 0.332 e. The predicted octanol–water partition coefficient (Wildman–Crippen LogP) is 4.80. The van der Waals surface area contributed by atoms with E-state index in [9.17, 15) is 14.9 Å². The molecule has 0 atom stereocenters. The molecule has 1 aromatic heterocycles. The van der Waals surface area contributed by atoms with Gasteiger partial charge in [-0.05, 0) is 67.0 Å². The van der Waals surface area contributed by atoms with Crippen molar-refractivity contribution in [2.24, 2.45) is 0 Å². The number of carbonyl (C=O) groups excluding carboxylic acids is 1. The van der Waals surface area contributed by atoms with E-state index in [1.54, 1.807) is 29.1 Å². The van der Waals surface area contributed by atoms with Gasteiger partial charge in [-0.3, -0.25) is 20.2 Å². The maximum Gasteiger partial charge on any atom is 0.282 e. The van der Waals surface area contributed by atoms with Crippen LogP contribution in [0.2, 0.25) is 0 Å². The van der Waals surface area contributed by atoms with Gasteiger partial charge >= 0.3 is 0 Å². The molecule has 9 nitrogen and oxygen atoms in total. The Morgan fingerprint density at radius 3 is 2.53 bits per heavy atom. The SMILES string of the molecule is CCCCc1ccc(-n2nc3ccc(NC(=S)NC(=O)c4ccccc4[N+](=O)[O-])cc3n2)cc1. The van der Waals surface area contributed by atoms with Crippen molar-refractivity contribution in [3.05, 3.63) is 88.0 Å². The van der Waals surface area contributed by atoms with Crippen molar-refractivity contribution in [1.29, 1.82) is 0 Å². The quantitative estimate of drug-likeness (QED) is 0.225. The molecule has 1 amide bonds. The minimum absolute atomic E-state index is 0.0116. The van der Waals surface area contributed by atoms with Crippen molar-refractivity contribution in [3.63, 3.8) is 0 Å². The Hall–Kier alpha value is -4.18. The summed E-state index contributed by atoms with van der Waals surface area (Å²) in [5.74, 6) is -0.667. The van der Waals surface area contributed by atoms with E-state index >= 15 is 0 Å². The van der Waals surface area contributed by atoms with Gasteiger partial charge in [0.15, 0.2) is 5.11 Å². The minimum Gasteiger partial charge on any atom is -0.332 e. The van der Waals surface area contributed by atoms with E-state index in [1.807, 2.05) is 12.1 Å². The fourth-order valence-electron chi connectivity index (χ4n) is 3.44. The number of rotatable bonds is 7. The Morgan fingerprint density at radius 2 is 1.79 bits per heavy atom. The summed E-state index contributed by atoms with van der Waals surface area (Å²) in [5, 5.41) is 25.6. The fraction of sp³-hybridized carbons (Fsp3) is 0.167. The Balaban J connectivity index is 1.45. The van der Waals surface area contributed by atoms with E-state index in [1.165, 1.54) is 23.8 Å². The molecule has 0 unspecified atom stereocenters. The van der Waals surface area contributed by atoms with E-state index in [2.05, 4.69) is 39.9 Å². The molecule has 0 radical (unpaired) electrons. The third-order valence-corrected chi connectivity index (χ3v) is 5.40. The minimum atomic E-state index is -0.667. The van der Waals surface area contributed by atoms with Gasteiger partial charge in [0.05, 0.1) is 10.6 Å². The van der Waals surface area contributed by atoms with Crippen molar-refractivity contribution in [1.82, 2.24) is 20.3 Å². The molecule has 4 aromatic rings. The van der Waals surface area contributed by atoms with Gasteiger partial charge in [0, 0.05) is 11.8 Å². The molecule has 0 spiro atoms. The lowest BCUT2D eigenvalue weighted by Gasteiger charge is -2.09. The highest BCUT2D eigenvalue weighted by Gasteiger charge is 2.20.